The smallest absolute Gasteiger partial charge is 0.251 e. The Kier molecular flexibility index (Phi) is 7.15. The highest BCUT2D eigenvalue weighted by atomic mass is 35.5. The van der Waals surface area contributed by atoms with E-state index in [4.69, 9.17) is 10.5 Å². The van der Waals surface area contributed by atoms with E-state index in [1.807, 2.05) is 18.2 Å². The van der Waals surface area contributed by atoms with Gasteiger partial charge in [0.15, 0.2) is 0 Å². The van der Waals surface area contributed by atoms with Crippen molar-refractivity contribution in [3.8, 4) is 28.0 Å². The van der Waals surface area contributed by atoms with Gasteiger partial charge in [0.25, 0.3) is 5.91 Å². The molecule has 1 saturated heterocycles. The SMILES string of the molecule is CCCc1c2c(c(-c3ccccc3OC)c(N3CCNCC3)c1C(N)=O)-c1ccccc1C2.Cl. The lowest BCUT2D eigenvalue weighted by molar-refractivity contribution is 0.0999. The number of nitrogens with two attached hydrogens (primary N) is 1. The fourth-order valence-electron chi connectivity index (χ4n) is 5.55. The number of methoxy groups -OCH3 is 1. The molecule has 5 nitrogen and oxygen atoms in total. The third kappa shape index (κ3) is 3.93. The zero-order valence-corrected chi connectivity index (χ0v) is 20.6. The maximum atomic E-state index is 13.1. The Morgan fingerprint density at radius 1 is 1.03 bits per heavy atom. The number of nitrogens with one attached hydrogen (secondary N) is 1. The Morgan fingerprint density at radius 3 is 2.38 bits per heavy atom. The Morgan fingerprint density at radius 2 is 1.71 bits per heavy atom. The summed E-state index contributed by atoms with van der Waals surface area (Å²) in [6.45, 7) is 5.57. The summed E-state index contributed by atoms with van der Waals surface area (Å²) in [6, 6.07) is 16.7. The molecule has 0 aromatic heterocycles. The van der Waals surface area contributed by atoms with Gasteiger partial charge in [-0.05, 0) is 46.7 Å². The number of rotatable bonds is 6. The molecule has 3 aromatic rings. The molecule has 2 aliphatic rings. The number of nitrogens with zero attached hydrogens (tertiary/aromatic N) is 1. The van der Waals surface area contributed by atoms with E-state index in [0.29, 0.717) is 5.56 Å². The Bertz CT molecular complexity index is 1220. The van der Waals surface area contributed by atoms with Gasteiger partial charge in [-0.1, -0.05) is 55.8 Å². The molecule has 0 atom stereocenters. The highest BCUT2D eigenvalue weighted by molar-refractivity contribution is 6.10. The molecule has 0 saturated carbocycles. The third-order valence-corrected chi connectivity index (χ3v) is 6.90. The van der Waals surface area contributed by atoms with Crippen LogP contribution in [-0.2, 0) is 12.8 Å². The number of anilines is 1. The second-order valence-electron chi connectivity index (χ2n) is 8.82. The van der Waals surface area contributed by atoms with E-state index < -0.39 is 0 Å². The monoisotopic (exact) mass is 477 g/mol. The number of hydrogen-bond donors (Lipinski definition) is 2. The number of halogens is 1. The number of carbonyl (C=O) groups excluding carboxylic acids is 1. The summed E-state index contributed by atoms with van der Waals surface area (Å²) < 4.78 is 5.82. The molecule has 6 heteroatoms. The number of primary amides is 1. The molecule has 178 valence electrons. The van der Waals surface area contributed by atoms with Crippen molar-refractivity contribution in [2.45, 2.75) is 26.2 Å². The third-order valence-electron chi connectivity index (χ3n) is 6.90. The molecule has 1 fully saturated rings. The average molecular weight is 478 g/mol. The molecule has 34 heavy (non-hydrogen) atoms. The van der Waals surface area contributed by atoms with Gasteiger partial charge in [-0.2, -0.15) is 0 Å². The highest BCUT2D eigenvalue weighted by Gasteiger charge is 2.34. The minimum absolute atomic E-state index is 0. The van der Waals surface area contributed by atoms with Crippen molar-refractivity contribution in [1.29, 1.82) is 0 Å². The standard InChI is InChI=1S/C28H31N3O2.ClH/c1-3-8-20-22-17-18-9-4-5-10-19(18)24(22)25(21-11-6-7-12-23(21)33-2)27(26(20)28(29)32)31-15-13-30-14-16-31;/h4-7,9-12,30H,3,8,13-17H2,1-2H3,(H2,29,32);1H. The van der Waals surface area contributed by atoms with Gasteiger partial charge in [0.05, 0.1) is 18.4 Å². The molecule has 0 radical (unpaired) electrons. The van der Waals surface area contributed by atoms with Crippen LogP contribution in [0.2, 0.25) is 0 Å². The second-order valence-corrected chi connectivity index (χ2v) is 8.82. The lowest BCUT2D eigenvalue weighted by Gasteiger charge is -2.35. The van der Waals surface area contributed by atoms with Crippen molar-refractivity contribution in [3.05, 3.63) is 70.8 Å². The number of fused-ring (bicyclic) bond motifs is 3. The minimum atomic E-state index is -0.345. The summed E-state index contributed by atoms with van der Waals surface area (Å²) in [5, 5.41) is 3.44. The summed E-state index contributed by atoms with van der Waals surface area (Å²) in [6.07, 6.45) is 2.61. The normalized spacial score (nSPS) is 14.2. The molecule has 1 heterocycles. The first-order chi connectivity index (χ1) is 16.2. The largest absolute Gasteiger partial charge is 0.496 e. The summed E-state index contributed by atoms with van der Waals surface area (Å²) in [7, 11) is 1.71. The lowest BCUT2D eigenvalue weighted by atomic mass is 9.83. The van der Waals surface area contributed by atoms with Gasteiger partial charge in [0, 0.05) is 37.3 Å². The predicted octanol–water partition coefficient (Wildman–Crippen LogP) is 4.82. The fourth-order valence-corrected chi connectivity index (χ4v) is 5.55. The number of para-hydroxylation sites is 1. The van der Waals surface area contributed by atoms with Gasteiger partial charge >= 0.3 is 0 Å². The molecular weight excluding hydrogens is 446 g/mol. The van der Waals surface area contributed by atoms with Crippen LogP contribution in [0.5, 0.6) is 5.75 Å². The zero-order valence-electron chi connectivity index (χ0n) is 19.8. The van der Waals surface area contributed by atoms with Crippen LogP contribution < -0.4 is 20.7 Å². The van der Waals surface area contributed by atoms with Gasteiger partial charge in [-0.3, -0.25) is 4.79 Å². The van der Waals surface area contributed by atoms with Crippen molar-refractivity contribution >= 4 is 24.0 Å². The summed E-state index contributed by atoms with van der Waals surface area (Å²) in [4.78, 5) is 15.5. The van der Waals surface area contributed by atoms with Crippen LogP contribution in [0.4, 0.5) is 5.69 Å². The van der Waals surface area contributed by atoms with Gasteiger partial charge in [-0.25, -0.2) is 0 Å². The predicted molar refractivity (Wildman–Crippen MR) is 142 cm³/mol. The van der Waals surface area contributed by atoms with Gasteiger partial charge in [0.1, 0.15) is 5.75 Å². The van der Waals surface area contributed by atoms with E-state index in [-0.39, 0.29) is 18.3 Å². The quantitative estimate of drug-likeness (QED) is 0.418. The molecule has 0 bridgehead atoms. The van der Waals surface area contributed by atoms with Crippen LogP contribution in [0.3, 0.4) is 0 Å². The molecular formula is C28H32ClN3O2. The van der Waals surface area contributed by atoms with E-state index >= 15 is 0 Å². The number of hydrogen-bond acceptors (Lipinski definition) is 4. The molecule has 5 rings (SSSR count). The van der Waals surface area contributed by atoms with Crippen LogP contribution in [0, 0.1) is 0 Å². The minimum Gasteiger partial charge on any atom is -0.496 e. The Hall–Kier alpha value is -3.02. The average Bonchev–Trinajstić information content (AvgIpc) is 3.24. The molecule has 3 N–H and O–H groups in total. The van der Waals surface area contributed by atoms with E-state index in [2.05, 4.69) is 47.5 Å². The fraction of sp³-hybridized carbons (Fsp3) is 0.321. The van der Waals surface area contributed by atoms with Crippen LogP contribution in [-0.4, -0.2) is 39.2 Å². The number of piperazine rings is 1. The van der Waals surface area contributed by atoms with E-state index in [0.717, 1.165) is 73.6 Å². The lowest BCUT2D eigenvalue weighted by Crippen LogP contribution is -2.44. The van der Waals surface area contributed by atoms with E-state index in [9.17, 15) is 4.79 Å². The summed E-state index contributed by atoms with van der Waals surface area (Å²) in [5.41, 5.74) is 16.0. The Labute approximate surface area is 207 Å². The molecule has 0 unspecified atom stereocenters. The highest BCUT2D eigenvalue weighted by Crippen LogP contribution is 2.52. The van der Waals surface area contributed by atoms with Crippen molar-refractivity contribution in [2.75, 3.05) is 38.2 Å². The van der Waals surface area contributed by atoms with Gasteiger partial charge in [-0.15, -0.1) is 12.4 Å². The van der Waals surface area contributed by atoms with Crippen LogP contribution >= 0.6 is 12.4 Å². The first kappa shape index (κ1) is 24.1. The van der Waals surface area contributed by atoms with Crippen molar-refractivity contribution in [2.24, 2.45) is 5.73 Å². The maximum Gasteiger partial charge on any atom is 0.251 e. The topological polar surface area (TPSA) is 67.6 Å². The molecule has 0 spiro atoms. The van der Waals surface area contributed by atoms with Crippen LogP contribution in [0.1, 0.15) is 40.4 Å². The van der Waals surface area contributed by atoms with Crippen molar-refractivity contribution in [3.63, 3.8) is 0 Å². The van der Waals surface area contributed by atoms with Crippen LogP contribution in [0.25, 0.3) is 22.3 Å². The molecule has 1 amide bonds. The molecule has 1 aliphatic carbocycles. The second kappa shape index (κ2) is 10.1. The van der Waals surface area contributed by atoms with Crippen molar-refractivity contribution < 1.29 is 9.53 Å². The Balaban J connectivity index is 0.00000274. The number of amides is 1. The number of benzene rings is 3. The zero-order chi connectivity index (χ0) is 22.9. The first-order valence-corrected chi connectivity index (χ1v) is 11.8. The first-order valence-electron chi connectivity index (χ1n) is 11.8. The number of ether oxygens (including phenoxy) is 1. The molecule has 1 aliphatic heterocycles. The van der Waals surface area contributed by atoms with E-state index in [1.54, 1.807) is 7.11 Å². The van der Waals surface area contributed by atoms with Gasteiger partial charge < -0.3 is 20.7 Å². The summed E-state index contributed by atoms with van der Waals surface area (Å²) in [5.74, 6) is 0.459. The van der Waals surface area contributed by atoms with Crippen LogP contribution in [0.15, 0.2) is 48.5 Å². The number of carbonyl (C=O) groups is 1. The van der Waals surface area contributed by atoms with Crippen molar-refractivity contribution in [1.82, 2.24) is 5.32 Å². The van der Waals surface area contributed by atoms with Gasteiger partial charge in [0.2, 0.25) is 0 Å². The summed E-state index contributed by atoms with van der Waals surface area (Å²) >= 11 is 0. The maximum absolute atomic E-state index is 13.1. The van der Waals surface area contributed by atoms with E-state index in [1.165, 1.54) is 22.3 Å². The molecule has 3 aromatic carbocycles.